The Morgan fingerprint density at radius 1 is 0.500 bits per heavy atom. The molecule has 0 heterocycles. The van der Waals surface area contributed by atoms with Gasteiger partial charge >= 0.3 is 5.97 Å². The van der Waals surface area contributed by atoms with Gasteiger partial charge in [0.05, 0.1) is 12.2 Å². The molecule has 0 aromatic rings. The van der Waals surface area contributed by atoms with E-state index in [0.717, 1.165) is 51.4 Å². The van der Waals surface area contributed by atoms with E-state index in [1.807, 2.05) is 0 Å². The molecule has 0 aromatic heterocycles. The molecule has 0 aliphatic carbocycles. The number of carboxylic acids is 1. The molecule has 3 N–H and O–H groups in total. The minimum absolute atomic E-state index is 0.229. The highest BCUT2D eigenvalue weighted by Crippen LogP contribution is 2.16. The van der Waals surface area contributed by atoms with E-state index in [4.69, 9.17) is 5.11 Å². The Labute approximate surface area is 199 Å². The summed E-state index contributed by atoms with van der Waals surface area (Å²) in [7, 11) is 0. The van der Waals surface area contributed by atoms with Crippen molar-refractivity contribution >= 4 is 5.97 Å². The van der Waals surface area contributed by atoms with Crippen molar-refractivity contribution in [3.05, 3.63) is 0 Å². The van der Waals surface area contributed by atoms with E-state index < -0.39 is 5.97 Å². The third kappa shape index (κ3) is 25.6. The first kappa shape index (κ1) is 31.4. The van der Waals surface area contributed by atoms with Crippen molar-refractivity contribution < 1.29 is 20.1 Å². The van der Waals surface area contributed by atoms with Crippen LogP contribution in [0.25, 0.3) is 0 Å². The van der Waals surface area contributed by atoms with Crippen LogP contribution in [0, 0.1) is 0 Å². The SMILES string of the molecule is CCCCCCCCC(O)CCC(O)CCCCCCCCCCCCCCCC(=O)O. The number of carboxylic acid groups (broad SMARTS) is 1. The van der Waals surface area contributed by atoms with Gasteiger partial charge in [-0.15, -0.1) is 0 Å². The number of hydrogen-bond donors (Lipinski definition) is 3. The molecule has 0 saturated heterocycles. The van der Waals surface area contributed by atoms with Gasteiger partial charge in [-0.3, -0.25) is 4.79 Å². The zero-order chi connectivity index (χ0) is 23.7. The smallest absolute Gasteiger partial charge is 0.303 e. The van der Waals surface area contributed by atoms with E-state index >= 15 is 0 Å². The van der Waals surface area contributed by atoms with Gasteiger partial charge in [-0.1, -0.05) is 122 Å². The first-order chi connectivity index (χ1) is 15.6. The van der Waals surface area contributed by atoms with E-state index in [-0.39, 0.29) is 12.2 Å². The topological polar surface area (TPSA) is 77.8 Å². The molecular formula is C28H56O4. The van der Waals surface area contributed by atoms with Crippen LogP contribution in [0.4, 0.5) is 0 Å². The van der Waals surface area contributed by atoms with E-state index in [1.54, 1.807) is 0 Å². The fraction of sp³-hybridized carbons (Fsp3) is 0.964. The van der Waals surface area contributed by atoms with E-state index in [9.17, 15) is 15.0 Å². The third-order valence-corrected chi connectivity index (χ3v) is 6.65. The second kappa shape index (κ2) is 25.0. The van der Waals surface area contributed by atoms with Crippen molar-refractivity contribution in [2.75, 3.05) is 0 Å². The molecule has 4 nitrogen and oxygen atoms in total. The summed E-state index contributed by atoms with van der Waals surface area (Å²) >= 11 is 0. The Hall–Kier alpha value is -0.610. The molecule has 4 heteroatoms. The standard InChI is InChI=1S/C28H56O4/c1-2-3-4-5-15-18-21-26(29)24-25-27(30)22-19-16-13-11-9-7-6-8-10-12-14-17-20-23-28(31)32/h26-27,29-30H,2-25H2,1H3,(H,31,32). The summed E-state index contributed by atoms with van der Waals surface area (Å²) in [5.74, 6) is -0.671. The lowest BCUT2D eigenvalue weighted by molar-refractivity contribution is -0.137. The molecule has 0 amide bonds. The minimum Gasteiger partial charge on any atom is -0.481 e. The van der Waals surface area contributed by atoms with Crippen LogP contribution in [0.15, 0.2) is 0 Å². The molecular weight excluding hydrogens is 400 g/mol. The first-order valence-electron chi connectivity index (χ1n) is 14.1. The van der Waals surface area contributed by atoms with Gasteiger partial charge in [-0.05, 0) is 32.1 Å². The number of carbonyl (C=O) groups is 1. The summed E-state index contributed by atoms with van der Waals surface area (Å²) in [6, 6.07) is 0. The largest absolute Gasteiger partial charge is 0.481 e. The summed E-state index contributed by atoms with van der Waals surface area (Å²) in [6.45, 7) is 2.23. The number of rotatable bonds is 26. The summed E-state index contributed by atoms with van der Waals surface area (Å²) in [4.78, 5) is 10.4. The van der Waals surface area contributed by atoms with Gasteiger partial charge in [0.2, 0.25) is 0 Å². The Kier molecular flexibility index (Phi) is 24.5. The molecule has 0 saturated carbocycles. The molecule has 2 atom stereocenters. The Morgan fingerprint density at radius 2 is 0.812 bits per heavy atom. The van der Waals surface area contributed by atoms with E-state index in [0.29, 0.717) is 6.42 Å². The van der Waals surface area contributed by atoms with Crippen LogP contribution in [0.5, 0.6) is 0 Å². The van der Waals surface area contributed by atoms with Crippen LogP contribution >= 0.6 is 0 Å². The zero-order valence-electron chi connectivity index (χ0n) is 21.4. The molecule has 32 heavy (non-hydrogen) atoms. The first-order valence-corrected chi connectivity index (χ1v) is 14.1. The summed E-state index contributed by atoms with van der Waals surface area (Å²) < 4.78 is 0. The quantitative estimate of drug-likeness (QED) is 0.115. The van der Waals surface area contributed by atoms with E-state index in [2.05, 4.69) is 6.92 Å². The lowest BCUT2D eigenvalue weighted by Crippen LogP contribution is -2.13. The predicted octanol–water partition coefficient (Wildman–Crippen LogP) is 8.18. The average Bonchev–Trinajstić information content (AvgIpc) is 2.77. The summed E-state index contributed by atoms with van der Waals surface area (Å²) in [5.41, 5.74) is 0. The maximum atomic E-state index is 10.4. The van der Waals surface area contributed by atoms with E-state index in [1.165, 1.54) is 96.3 Å². The predicted molar refractivity (Wildman–Crippen MR) is 136 cm³/mol. The van der Waals surface area contributed by atoms with Crippen molar-refractivity contribution in [3.63, 3.8) is 0 Å². The van der Waals surface area contributed by atoms with Crippen LogP contribution < -0.4 is 0 Å². The molecule has 0 aliphatic rings. The molecule has 0 aromatic carbocycles. The number of hydrogen-bond acceptors (Lipinski definition) is 3. The van der Waals surface area contributed by atoms with Crippen molar-refractivity contribution in [1.82, 2.24) is 0 Å². The van der Waals surface area contributed by atoms with Gasteiger partial charge < -0.3 is 15.3 Å². The maximum Gasteiger partial charge on any atom is 0.303 e. The summed E-state index contributed by atoms with van der Waals surface area (Å²) in [6.07, 6.45) is 26.5. The molecule has 0 spiro atoms. The van der Waals surface area contributed by atoms with Crippen molar-refractivity contribution in [1.29, 1.82) is 0 Å². The zero-order valence-corrected chi connectivity index (χ0v) is 21.4. The van der Waals surface area contributed by atoms with Crippen LogP contribution in [0.3, 0.4) is 0 Å². The van der Waals surface area contributed by atoms with Gasteiger partial charge in [0.1, 0.15) is 0 Å². The van der Waals surface area contributed by atoms with Crippen molar-refractivity contribution in [2.24, 2.45) is 0 Å². The fourth-order valence-electron chi connectivity index (χ4n) is 4.43. The molecule has 192 valence electrons. The van der Waals surface area contributed by atoms with Gasteiger partial charge in [0.15, 0.2) is 0 Å². The van der Waals surface area contributed by atoms with Crippen molar-refractivity contribution in [2.45, 2.75) is 173 Å². The number of aliphatic carboxylic acids is 1. The van der Waals surface area contributed by atoms with Crippen LogP contribution in [-0.2, 0) is 4.79 Å². The lowest BCUT2D eigenvalue weighted by atomic mass is 10.00. The number of aliphatic hydroxyl groups excluding tert-OH is 2. The van der Waals surface area contributed by atoms with Crippen molar-refractivity contribution in [3.8, 4) is 0 Å². The highest BCUT2D eigenvalue weighted by Gasteiger charge is 2.09. The van der Waals surface area contributed by atoms with Crippen LogP contribution in [0.1, 0.15) is 161 Å². The Balaban J connectivity index is 3.25. The Bertz CT molecular complexity index is 386. The lowest BCUT2D eigenvalue weighted by Gasteiger charge is -2.14. The fourth-order valence-corrected chi connectivity index (χ4v) is 4.43. The van der Waals surface area contributed by atoms with Gasteiger partial charge in [0, 0.05) is 6.42 Å². The Morgan fingerprint density at radius 3 is 1.16 bits per heavy atom. The van der Waals surface area contributed by atoms with Crippen LogP contribution in [-0.4, -0.2) is 33.5 Å². The summed E-state index contributed by atoms with van der Waals surface area (Å²) in [5, 5.41) is 28.8. The average molecular weight is 457 g/mol. The second-order valence-electron chi connectivity index (χ2n) is 9.97. The normalized spacial score (nSPS) is 13.3. The highest BCUT2D eigenvalue weighted by atomic mass is 16.4. The minimum atomic E-state index is -0.671. The van der Waals surface area contributed by atoms with Gasteiger partial charge in [-0.25, -0.2) is 0 Å². The maximum absolute atomic E-state index is 10.4. The number of aliphatic hydroxyl groups is 2. The second-order valence-corrected chi connectivity index (χ2v) is 9.97. The number of unbranched alkanes of at least 4 members (excludes halogenated alkanes) is 17. The molecule has 0 radical (unpaired) electrons. The molecule has 0 fully saturated rings. The molecule has 0 rings (SSSR count). The highest BCUT2D eigenvalue weighted by molar-refractivity contribution is 5.66. The molecule has 2 unspecified atom stereocenters. The molecule has 0 bridgehead atoms. The van der Waals surface area contributed by atoms with Gasteiger partial charge in [0.25, 0.3) is 0 Å². The third-order valence-electron chi connectivity index (χ3n) is 6.65. The molecule has 0 aliphatic heterocycles. The van der Waals surface area contributed by atoms with Crippen LogP contribution in [0.2, 0.25) is 0 Å². The van der Waals surface area contributed by atoms with Gasteiger partial charge in [-0.2, -0.15) is 0 Å². The monoisotopic (exact) mass is 456 g/mol.